The maximum Gasteiger partial charge on any atom is 0.261 e. The van der Waals surface area contributed by atoms with E-state index in [1.54, 1.807) is 17.0 Å². The summed E-state index contributed by atoms with van der Waals surface area (Å²) < 4.78 is 41.0. The minimum atomic E-state index is -3.89. The minimum absolute atomic E-state index is 0.0650. The van der Waals surface area contributed by atoms with Gasteiger partial charge >= 0.3 is 0 Å². The molecule has 0 unspecified atom stereocenters. The lowest BCUT2D eigenvalue weighted by atomic mass is 9.87. The molecule has 3 rings (SSSR count). The molecule has 0 aliphatic carbocycles. The molecule has 1 heterocycles. The van der Waals surface area contributed by atoms with Crippen molar-refractivity contribution in [2.75, 3.05) is 16.2 Å². The summed E-state index contributed by atoms with van der Waals surface area (Å²) in [5, 5.41) is -0.169. The highest BCUT2D eigenvalue weighted by molar-refractivity contribution is 7.92. The zero-order valence-electron chi connectivity index (χ0n) is 14.5. The zero-order valence-corrected chi connectivity index (χ0v) is 16.1. The first kappa shape index (κ1) is 18.7. The molecule has 0 bridgehead atoms. The van der Waals surface area contributed by atoms with Crippen LogP contribution in [-0.4, -0.2) is 20.9 Å². The quantitative estimate of drug-likeness (QED) is 0.854. The summed E-state index contributed by atoms with van der Waals surface area (Å²) in [6, 6.07) is 8.26. The predicted octanol–water partition coefficient (Wildman–Crippen LogP) is 3.92. The first-order valence-corrected chi connectivity index (χ1v) is 9.78. The van der Waals surface area contributed by atoms with E-state index in [1.165, 1.54) is 25.1 Å². The number of rotatable bonds is 3. The summed E-state index contributed by atoms with van der Waals surface area (Å²) in [6.07, 6.45) is 0. The molecule has 1 aliphatic heterocycles. The van der Waals surface area contributed by atoms with Crippen LogP contribution in [0.2, 0.25) is 5.02 Å². The number of nitrogens with one attached hydrogen (secondary N) is 1. The Bertz CT molecular complexity index is 1010. The summed E-state index contributed by atoms with van der Waals surface area (Å²) in [5.41, 5.74) is 1.30. The summed E-state index contributed by atoms with van der Waals surface area (Å²) in [4.78, 5) is 13.5. The van der Waals surface area contributed by atoms with E-state index in [0.29, 0.717) is 12.2 Å². The van der Waals surface area contributed by atoms with Crippen molar-refractivity contribution in [3.8, 4) is 0 Å². The lowest BCUT2D eigenvalue weighted by molar-refractivity contribution is -0.116. The fourth-order valence-corrected chi connectivity index (χ4v) is 4.34. The van der Waals surface area contributed by atoms with Crippen LogP contribution >= 0.6 is 11.6 Å². The van der Waals surface area contributed by atoms with E-state index in [4.69, 9.17) is 11.6 Å². The smallest absolute Gasteiger partial charge is 0.261 e. The second kappa shape index (κ2) is 6.25. The molecular weight excluding hydrogens is 379 g/mol. The lowest BCUT2D eigenvalue weighted by Crippen LogP contribution is -2.31. The van der Waals surface area contributed by atoms with Crippen LogP contribution in [0.3, 0.4) is 0 Å². The van der Waals surface area contributed by atoms with Gasteiger partial charge in [-0.2, -0.15) is 0 Å². The fraction of sp³-hybridized carbons (Fsp3) is 0.278. The number of sulfonamides is 1. The lowest BCUT2D eigenvalue weighted by Gasteiger charge is -2.19. The molecule has 0 atom stereocenters. The monoisotopic (exact) mass is 396 g/mol. The normalized spacial score (nSPS) is 15.7. The predicted molar refractivity (Wildman–Crippen MR) is 99.7 cm³/mol. The molecule has 8 heteroatoms. The van der Waals surface area contributed by atoms with Crippen molar-refractivity contribution in [1.29, 1.82) is 0 Å². The second-order valence-electron chi connectivity index (χ2n) is 6.90. The number of fused-ring (bicyclic) bond motifs is 1. The van der Waals surface area contributed by atoms with Crippen LogP contribution in [-0.2, 0) is 20.2 Å². The van der Waals surface area contributed by atoms with Gasteiger partial charge in [-0.25, -0.2) is 12.8 Å². The molecule has 138 valence electrons. The number of benzene rings is 2. The summed E-state index contributed by atoms with van der Waals surface area (Å²) in [5.74, 6) is -0.718. The third-order valence-electron chi connectivity index (χ3n) is 4.40. The topological polar surface area (TPSA) is 66.5 Å². The van der Waals surface area contributed by atoms with Gasteiger partial charge in [0.05, 0.1) is 15.6 Å². The van der Waals surface area contributed by atoms with Crippen molar-refractivity contribution in [1.82, 2.24) is 0 Å². The highest BCUT2D eigenvalue weighted by Crippen LogP contribution is 2.41. The van der Waals surface area contributed by atoms with Crippen molar-refractivity contribution in [3.63, 3.8) is 0 Å². The molecule has 0 aromatic heterocycles. The first-order valence-electron chi connectivity index (χ1n) is 7.92. The Balaban J connectivity index is 1.99. The SMILES string of the molecule is CC(=O)N1CC(C)(C)c2cc(S(=O)(=O)Nc3ccc(F)c(Cl)c3)ccc21. The van der Waals surface area contributed by atoms with Crippen molar-refractivity contribution < 1.29 is 17.6 Å². The Kier molecular flexibility index (Phi) is 4.48. The van der Waals surface area contributed by atoms with Gasteiger partial charge in [-0.15, -0.1) is 0 Å². The first-order chi connectivity index (χ1) is 12.0. The number of nitrogens with zero attached hydrogens (tertiary/aromatic N) is 1. The minimum Gasteiger partial charge on any atom is -0.311 e. The Morgan fingerprint density at radius 3 is 2.54 bits per heavy atom. The van der Waals surface area contributed by atoms with E-state index in [2.05, 4.69) is 4.72 Å². The molecule has 2 aromatic rings. The Hall–Kier alpha value is -2.12. The molecule has 0 fully saturated rings. The fourth-order valence-electron chi connectivity index (χ4n) is 3.08. The van der Waals surface area contributed by atoms with Crippen LogP contribution < -0.4 is 9.62 Å². The van der Waals surface area contributed by atoms with E-state index in [9.17, 15) is 17.6 Å². The van der Waals surface area contributed by atoms with E-state index >= 15 is 0 Å². The number of amides is 1. The summed E-state index contributed by atoms with van der Waals surface area (Å²) in [7, 11) is -3.89. The van der Waals surface area contributed by atoms with E-state index < -0.39 is 15.8 Å². The third-order valence-corrected chi connectivity index (χ3v) is 6.07. The van der Waals surface area contributed by atoms with E-state index in [-0.39, 0.29) is 26.9 Å². The number of anilines is 2. The van der Waals surface area contributed by atoms with Crippen molar-refractivity contribution in [2.45, 2.75) is 31.1 Å². The van der Waals surface area contributed by atoms with E-state index in [1.807, 2.05) is 13.8 Å². The second-order valence-corrected chi connectivity index (χ2v) is 8.99. The number of halogens is 2. The number of carbonyl (C=O) groups excluding carboxylic acids is 1. The van der Waals surface area contributed by atoms with Gasteiger partial charge in [-0.05, 0) is 42.0 Å². The molecule has 0 saturated carbocycles. The number of hydrogen-bond donors (Lipinski definition) is 1. The van der Waals surface area contributed by atoms with Gasteiger partial charge in [-0.3, -0.25) is 9.52 Å². The summed E-state index contributed by atoms with van der Waals surface area (Å²) >= 11 is 5.70. The Morgan fingerprint density at radius 1 is 1.23 bits per heavy atom. The maximum absolute atomic E-state index is 13.3. The zero-order chi connectivity index (χ0) is 19.3. The van der Waals surface area contributed by atoms with Gasteiger partial charge in [0.1, 0.15) is 5.82 Å². The van der Waals surface area contributed by atoms with Gasteiger partial charge in [0.2, 0.25) is 5.91 Å². The largest absolute Gasteiger partial charge is 0.311 e. The molecule has 5 nitrogen and oxygen atoms in total. The highest BCUT2D eigenvalue weighted by atomic mass is 35.5. The molecule has 2 aromatic carbocycles. The molecule has 26 heavy (non-hydrogen) atoms. The standard InChI is InChI=1S/C18H18ClFN2O3S/c1-11(23)22-10-18(2,3)14-9-13(5-7-17(14)22)26(24,25)21-12-4-6-16(20)15(19)8-12/h4-9,21H,10H2,1-3H3. The van der Waals surface area contributed by atoms with Gasteiger partial charge in [0.15, 0.2) is 0 Å². The van der Waals surface area contributed by atoms with Gasteiger partial charge in [0, 0.05) is 24.6 Å². The summed E-state index contributed by atoms with van der Waals surface area (Å²) in [6.45, 7) is 5.88. The number of hydrogen-bond acceptors (Lipinski definition) is 3. The van der Waals surface area contributed by atoms with Crippen LogP contribution in [0.4, 0.5) is 15.8 Å². The van der Waals surface area contributed by atoms with Crippen molar-refractivity contribution in [2.24, 2.45) is 0 Å². The highest BCUT2D eigenvalue weighted by Gasteiger charge is 2.37. The van der Waals surface area contributed by atoms with Crippen LogP contribution in [0.15, 0.2) is 41.3 Å². The molecular formula is C18H18ClFN2O3S. The van der Waals surface area contributed by atoms with Crippen LogP contribution in [0.1, 0.15) is 26.3 Å². The number of carbonyl (C=O) groups is 1. The van der Waals surface area contributed by atoms with Crippen molar-refractivity contribution >= 4 is 38.9 Å². The van der Waals surface area contributed by atoms with Crippen LogP contribution in [0.5, 0.6) is 0 Å². The third kappa shape index (κ3) is 3.29. The Morgan fingerprint density at radius 2 is 1.92 bits per heavy atom. The van der Waals surface area contributed by atoms with Crippen molar-refractivity contribution in [3.05, 3.63) is 52.8 Å². The molecule has 1 aliphatic rings. The molecule has 0 spiro atoms. The average molecular weight is 397 g/mol. The van der Waals surface area contributed by atoms with Crippen LogP contribution in [0, 0.1) is 5.82 Å². The van der Waals surface area contributed by atoms with Gasteiger partial charge in [-0.1, -0.05) is 25.4 Å². The Labute approximate surface area is 156 Å². The molecule has 1 amide bonds. The molecule has 0 radical (unpaired) electrons. The van der Waals surface area contributed by atoms with Crippen LogP contribution in [0.25, 0.3) is 0 Å². The molecule has 0 saturated heterocycles. The van der Waals surface area contributed by atoms with E-state index in [0.717, 1.165) is 11.6 Å². The van der Waals surface area contributed by atoms with Gasteiger partial charge < -0.3 is 4.90 Å². The maximum atomic E-state index is 13.3. The molecule has 1 N–H and O–H groups in total. The average Bonchev–Trinajstić information content (AvgIpc) is 2.82. The van der Waals surface area contributed by atoms with Gasteiger partial charge in [0.25, 0.3) is 10.0 Å².